The van der Waals surface area contributed by atoms with Crippen LogP contribution in [-0.4, -0.2) is 22.0 Å². The summed E-state index contributed by atoms with van der Waals surface area (Å²) in [6, 6.07) is 15.0. The Bertz CT molecular complexity index is 1130. The molecule has 26 heavy (non-hydrogen) atoms. The van der Waals surface area contributed by atoms with Crippen LogP contribution in [0.1, 0.15) is 15.2 Å². The Balaban J connectivity index is 1.52. The van der Waals surface area contributed by atoms with E-state index in [0.717, 1.165) is 26.6 Å². The largest absolute Gasteiger partial charge is 0.361 e. The molecule has 2 amide bonds. The lowest BCUT2D eigenvalue weighted by molar-refractivity contribution is -0.115. The first-order valence-electron chi connectivity index (χ1n) is 7.97. The van der Waals surface area contributed by atoms with E-state index in [4.69, 9.17) is 5.21 Å². The van der Waals surface area contributed by atoms with E-state index in [1.807, 2.05) is 42.6 Å². The van der Waals surface area contributed by atoms with Gasteiger partial charge in [-0.05, 0) is 41.3 Å². The highest BCUT2D eigenvalue weighted by molar-refractivity contribution is 7.20. The first kappa shape index (κ1) is 16.3. The third kappa shape index (κ3) is 3.05. The van der Waals surface area contributed by atoms with Gasteiger partial charge in [-0.2, -0.15) is 0 Å². The van der Waals surface area contributed by atoms with Gasteiger partial charge in [0, 0.05) is 27.5 Å². The molecule has 2 aromatic heterocycles. The van der Waals surface area contributed by atoms with E-state index in [1.165, 1.54) is 11.3 Å². The van der Waals surface area contributed by atoms with Crippen molar-refractivity contribution in [3.63, 3.8) is 0 Å². The van der Waals surface area contributed by atoms with Crippen molar-refractivity contribution in [2.45, 2.75) is 6.42 Å². The van der Waals surface area contributed by atoms with Crippen LogP contribution in [0.15, 0.2) is 54.7 Å². The van der Waals surface area contributed by atoms with Crippen LogP contribution < -0.4 is 10.8 Å². The predicted octanol–water partition coefficient (Wildman–Crippen LogP) is 3.68. The number of fused-ring (bicyclic) bond motifs is 2. The van der Waals surface area contributed by atoms with Crippen molar-refractivity contribution in [2.24, 2.45) is 0 Å². The van der Waals surface area contributed by atoms with Crippen LogP contribution in [0.3, 0.4) is 0 Å². The number of thiophene rings is 1. The van der Waals surface area contributed by atoms with E-state index in [1.54, 1.807) is 17.6 Å². The molecule has 4 N–H and O–H groups in total. The zero-order valence-corrected chi connectivity index (χ0v) is 14.4. The number of rotatable bonds is 4. The van der Waals surface area contributed by atoms with Gasteiger partial charge < -0.3 is 10.3 Å². The molecule has 4 rings (SSSR count). The first-order chi connectivity index (χ1) is 12.6. The van der Waals surface area contributed by atoms with Crippen LogP contribution >= 0.6 is 11.3 Å². The van der Waals surface area contributed by atoms with Gasteiger partial charge in [0.2, 0.25) is 5.91 Å². The number of hydroxylamine groups is 1. The summed E-state index contributed by atoms with van der Waals surface area (Å²) in [5.41, 5.74) is 4.24. The Morgan fingerprint density at radius 1 is 1.12 bits per heavy atom. The van der Waals surface area contributed by atoms with Crippen LogP contribution in [0.2, 0.25) is 0 Å². The maximum atomic E-state index is 12.4. The van der Waals surface area contributed by atoms with Gasteiger partial charge in [0.1, 0.15) is 0 Å². The smallest absolute Gasteiger partial charge is 0.284 e. The summed E-state index contributed by atoms with van der Waals surface area (Å²) in [5, 5.41) is 13.5. The summed E-state index contributed by atoms with van der Waals surface area (Å²) in [6.45, 7) is 0. The minimum absolute atomic E-state index is 0.113. The maximum absolute atomic E-state index is 12.4. The van der Waals surface area contributed by atoms with Crippen molar-refractivity contribution in [1.29, 1.82) is 0 Å². The lowest BCUT2D eigenvalue weighted by atomic mass is 10.1. The van der Waals surface area contributed by atoms with Crippen molar-refractivity contribution in [3.8, 4) is 0 Å². The molecule has 0 saturated heterocycles. The quantitative estimate of drug-likeness (QED) is 0.328. The Morgan fingerprint density at radius 2 is 1.96 bits per heavy atom. The number of para-hydroxylation sites is 1. The lowest BCUT2D eigenvalue weighted by Gasteiger charge is -2.05. The predicted molar refractivity (Wildman–Crippen MR) is 102 cm³/mol. The van der Waals surface area contributed by atoms with Gasteiger partial charge in [0.05, 0.1) is 11.3 Å². The van der Waals surface area contributed by atoms with E-state index in [-0.39, 0.29) is 12.3 Å². The van der Waals surface area contributed by atoms with Gasteiger partial charge in [-0.15, -0.1) is 11.3 Å². The van der Waals surface area contributed by atoms with Crippen LogP contribution in [0.4, 0.5) is 5.69 Å². The van der Waals surface area contributed by atoms with Gasteiger partial charge in [-0.1, -0.05) is 18.2 Å². The molecule has 0 atom stereocenters. The number of carbonyl (C=O) groups is 2. The number of carbonyl (C=O) groups excluding carboxylic acids is 2. The molecule has 7 heteroatoms. The molecule has 2 aromatic carbocycles. The fourth-order valence-corrected chi connectivity index (χ4v) is 3.88. The van der Waals surface area contributed by atoms with Gasteiger partial charge in [-0.25, -0.2) is 5.48 Å². The first-order valence-corrected chi connectivity index (χ1v) is 8.78. The van der Waals surface area contributed by atoms with Crippen molar-refractivity contribution in [1.82, 2.24) is 10.5 Å². The van der Waals surface area contributed by atoms with E-state index in [2.05, 4.69) is 10.3 Å². The number of anilines is 1. The Morgan fingerprint density at radius 3 is 2.81 bits per heavy atom. The maximum Gasteiger partial charge on any atom is 0.284 e. The second-order valence-electron chi connectivity index (χ2n) is 5.89. The summed E-state index contributed by atoms with van der Waals surface area (Å²) in [5.74, 6) is -0.659. The van der Waals surface area contributed by atoms with Crippen molar-refractivity contribution < 1.29 is 14.8 Å². The van der Waals surface area contributed by atoms with Crippen LogP contribution in [0, 0.1) is 0 Å². The number of H-pyrrole nitrogens is 1. The number of aromatic amines is 1. The fourth-order valence-electron chi connectivity index (χ4n) is 2.94. The van der Waals surface area contributed by atoms with Crippen molar-refractivity contribution in [2.75, 3.05) is 5.32 Å². The van der Waals surface area contributed by atoms with E-state index < -0.39 is 5.91 Å². The average molecular weight is 365 g/mol. The SMILES string of the molecule is O=C(Cc1c[nH]c2ccccc12)Nc1ccc2sc(C(=O)NO)cc2c1. The molecule has 0 unspecified atom stereocenters. The molecule has 0 saturated carbocycles. The molecule has 0 aliphatic carbocycles. The minimum atomic E-state index is -0.545. The van der Waals surface area contributed by atoms with Crippen molar-refractivity contribution >= 4 is 49.8 Å². The molecule has 4 aromatic rings. The summed E-state index contributed by atoms with van der Waals surface area (Å²) in [7, 11) is 0. The zero-order chi connectivity index (χ0) is 18.1. The highest BCUT2D eigenvalue weighted by Crippen LogP contribution is 2.28. The van der Waals surface area contributed by atoms with Gasteiger partial charge in [0.15, 0.2) is 0 Å². The number of benzene rings is 2. The average Bonchev–Trinajstić information content (AvgIpc) is 3.25. The molecule has 0 spiro atoms. The molecule has 0 aliphatic heterocycles. The van der Waals surface area contributed by atoms with E-state index >= 15 is 0 Å². The van der Waals surface area contributed by atoms with E-state index in [0.29, 0.717) is 10.6 Å². The van der Waals surface area contributed by atoms with Crippen LogP contribution in [-0.2, 0) is 11.2 Å². The standard InChI is InChI=1S/C19H15N3O3S/c23-18(9-12-10-20-15-4-2-1-3-14(12)15)21-13-5-6-16-11(7-13)8-17(26-16)19(24)22-25/h1-8,10,20,25H,9H2,(H,21,23)(H,22,24). The van der Waals surface area contributed by atoms with Crippen molar-refractivity contribution in [3.05, 3.63) is 65.2 Å². The number of hydrogen-bond donors (Lipinski definition) is 4. The molecular formula is C19H15N3O3S. The van der Waals surface area contributed by atoms with Gasteiger partial charge in [0.25, 0.3) is 5.91 Å². The molecular weight excluding hydrogens is 350 g/mol. The van der Waals surface area contributed by atoms with E-state index in [9.17, 15) is 9.59 Å². The fraction of sp³-hybridized carbons (Fsp3) is 0.0526. The van der Waals surface area contributed by atoms with Gasteiger partial charge in [-0.3, -0.25) is 14.8 Å². The summed E-state index contributed by atoms with van der Waals surface area (Å²) in [6.07, 6.45) is 2.12. The summed E-state index contributed by atoms with van der Waals surface area (Å²) in [4.78, 5) is 27.5. The Hall–Kier alpha value is -3.16. The van der Waals surface area contributed by atoms with Gasteiger partial charge >= 0.3 is 0 Å². The number of nitrogens with one attached hydrogen (secondary N) is 3. The third-order valence-corrected chi connectivity index (χ3v) is 5.27. The molecule has 0 bridgehead atoms. The Kier molecular flexibility index (Phi) is 4.16. The summed E-state index contributed by atoms with van der Waals surface area (Å²) >= 11 is 1.27. The van der Waals surface area contributed by atoms with Crippen LogP contribution in [0.25, 0.3) is 21.0 Å². The second kappa shape index (κ2) is 6.62. The summed E-state index contributed by atoms with van der Waals surface area (Å²) < 4.78 is 0.901. The number of amides is 2. The number of aromatic nitrogens is 1. The number of hydrogen-bond acceptors (Lipinski definition) is 4. The molecule has 0 fully saturated rings. The molecule has 2 heterocycles. The zero-order valence-electron chi connectivity index (χ0n) is 13.6. The highest BCUT2D eigenvalue weighted by Gasteiger charge is 2.12. The monoisotopic (exact) mass is 365 g/mol. The molecule has 0 aliphatic rings. The third-order valence-electron chi connectivity index (χ3n) is 4.15. The minimum Gasteiger partial charge on any atom is -0.361 e. The normalized spacial score (nSPS) is 11.0. The molecule has 0 radical (unpaired) electrons. The van der Waals surface area contributed by atoms with Crippen LogP contribution in [0.5, 0.6) is 0 Å². The Labute approximate surface area is 152 Å². The highest BCUT2D eigenvalue weighted by atomic mass is 32.1. The second-order valence-corrected chi connectivity index (χ2v) is 6.97. The molecule has 130 valence electrons. The lowest BCUT2D eigenvalue weighted by Crippen LogP contribution is -2.16. The topological polar surface area (TPSA) is 94.2 Å². The molecule has 6 nitrogen and oxygen atoms in total.